The summed E-state index contributed by atoms with van der Waals surface area (Å²) in [6, 6.07) is 6.12. The number of aryl methyl sites for hydroxylation is 1. The molecule has 2 aromatic rings. The maximum Gasteiger partial charge on any atom is 0.269 e. The number of nitrogens with one attached hydrogen (secondary N) is 1. The molecular weight excluding hydrogens is 280 g/mol. The molecule has 0 saturated heterocycles. The van der Waals surface area contributed by atoms with E-state index in [4.69, 9.17) is 5.73 Å². The van der Waals surface area contributed by atoms with Crippen LogP contribution in [0.5, 0.6) is 0 Å². The Morgan fingerprint density at radius 3 is 2.90 bits per heavy atom. The molecule has 8 heteroatoms. The van der Waals surface area contributed by atoms with Crippen LogP contribution in [0.25, 0.3) is 0 Å². The van der Waals surface area contributed by atoms with Crippen LogP contribution in [0.15, 0.2) is 24.3 Å². The molecule has 7 nitrogen and oxygen atoms in total. The van der Waals surface area contributed by atoms with Crippen LogP contribution in [-0.2, 0) is 6.54 Å². The molecule has 0 aliphatic heterocycles. The van der Waals surface area contributed by atoms with E-state index >= 15 is 0 Å². The number of aromatic nitrogens is 1. The number of amides is 1. The van der Waals surface area contributed by atoms with E-state index in [0.717, 1.165) is 11.3 Å². The van der Waals surface area contributed by atoms with Crippen molar-refractivity contribution in [3.8, 4) is 0 Å². The van der Waals surface area contributed by atoms with E-state index in [-0.39, 0.29) is 18.1 Å². The summed E-state index contributed by atoms with van der Waals surface area (Å²) in [7, 11) is 0. The van der Waals surface area contributed by atoms with Crippen LogP contribution >= 0.6 is 11.3 Å². The molecular formula is C12H12N4O3S. The first-order valence-electron chi connectivity index (χ1n) is 5.72. The van der Waals surface area contributed by atoms with Crippen LogP contribution in [0.2, 0.25) is 0 Å². The van der Waals surface area contributed by atoms with E-state index in [2.05, 4.69) is 10.3 Å². The molecule has 0 radical (unpaired) electrons. The molecule has 0 unspecified atom stereocenters. The lowest BCUT2D eigenvalue weighted by molar-refractivity contribution is -0.384. The maximum atomic E-state index is 11.9. The second-order valence-corrected chi connectivity index (χ2v) is 5.11. The number of rotatable bonds is 4. The molecule has 0 aliphatic rings. The van der Waals surface area contributed by atoms with Crippen molar-refractivity contribution in [2.75, 3.05) is 5.73 Å². The predicted molar refractivity (Wildman–Crippen MR) is 75.5 cm³/mol. The van der Waals surface area contributed by atoms with Crippen molar-refractivity contribution in [2.45, 2.75) is 13.5 Å². The van der Waals surface area contributed by atoms with E-state index in [1.807, 2.05) is 0 Å². The SMILES string of the molecule is Cc1nc(N)sc1C(=O)NCc1cccc([N+](=O)[O-])c1. The second-order valence-electron chi connectivity index (χ2n) is 4.08. The van der Waals surface area contributed by atoms with Gasteiger partial charge in [0.2, 0.25) is 0 Å². The molecule has 0 saturated carbocycles. The van der Waals surface area contributed by atoms with Crippen molar-refractivity contribution in [1.82, 2.24) is 10.3 Å². The van der Waals surface area contributed by atoms with Gasteiger partial charge in [-0.15, -0.1) is 0 Å². The minimum atomic E-state index is -0.473. The van der Waals surface area contributed by atoms with Crippen molar-refractivity contribution in [3.63, 3.8) is 0 Å². The van der Waals surface area contributed by atoms with Crippen LogP contribution in [0.1, 0.15) is 20.9 Å². The molecule has 0 bridgehead atoms. The Kier molecular flexibility index (Phi) is 3.94. The highest BCUT2D eigenvalue weighted by atomic mass is 32.1. The number of benzene rings is 1. The van der Waals surface area contributed by atoms with Crippen LogP contribution < -0.4 is 11.1 Å². The summed E-state index contributed by atoms with van der Waals surface area (Å²) in [5.74, 6) is -0.289. The van der Waals surface area contributed by atoms with Gasteiger partial charge < -0.3 is 11.1 Å². The van der Waals surface area contributed by atoms with Gasteiger partial charge in [-0.2, -0.15) is 0 Å². The first kappa shape index (κ1) is 13.9. The number of non-ortho nitro benzene ring substituents is 1. The van der Waals surface area contributed by atoms with E-state index in [0.29, 0.717) is 21.3 Å². The number of anilines is 1. The lowest BCUT2D eigenvalue weighted by Crippen LogP contribution is -2.22. The third kappa shape index (κ3) is 3.09. The fraction of sp³-hybridized carbons (Fsp3) is 0.167. The van der Waals surface area contributed by atoms with Crippen molar-refractivity contribution in [1.29, 1.82) is 0 Å². The van der Waals surface area contributed by atoms with Gasteiger partial charge in [0, 0.05) is 18.7 Å². The summed E-state index contributed by atoms with van der Waals surface area (Å²) in [5, 5.41) is 13.7. The molecule has 2 rings (SSSR count). The summed E-state index contributed by atoms with van der Waals surface area (Å²) >= 11 is 1.11. The Balaban J connectivity index is 2.05. The van der Waals surface area contributed by atoms with Crippen molar-refractivity contribution >= 4 is 28.1 Å². The van der Waals surface area contributed by atoms with Gasteiger partial charge in [-0.3, -0.25) is 14.9 Å². The molecule has 1 aromatic heterocycles. The number of hydrogen-bond donors (Lipinski definition) is 2. The largest absolute Gasteiger partial charge is 0.375 e. The van der Waals surface area contributed by atoms with Gasteiger partial charge in [0.25, 0.3) is 11.6 Å². The fourth-order valence-corrected chi connectivity index (χ4v) is 2.42. The number of carbonyl (C=O) groups excluding carboxylic acids is 1. The van der Waals surface area contributed by atoms with Crippen molar-refractivity contribution in [2.24, 2.45) is 0 Å². The number of thiazole rings is 1. The normalized spacial score (nSPS) is 10.2. The van der Waals surface area contributed by atoms with Crippen molar-refractivity contribution in [3.05, 3.63) is 50.5 Å². The van der Waals surface area contributed by atoms with Crippen LogP contribution in [-0.4, -0.2) is 15.8 Å². The number of nitrogen functional groups attached to an aromatic ring is 1. The molecule has 104 valence electrons. The molecule has 1 aromatic carbocycles. The van der Waals surface area contributed by atoms with Gasteiger partial charge in [-0.05, 0) is 12.5 Å². The minimum absolute atomic E-state index is 0.00466. The zero-order chi connectivity index (χ0) is 14.7. The van der Waals surface area contributed by atoms with Gasteiger partial charge in [-0.25, -0.2) is 4.98 Å². The average molecular weight is 292 g/mol. The van der Waals surface area contributed by atoms with Gasteiger partial charge in [0.1, 0.15) is 4.88 Å². The smallest absolute Gasteiger partial charge is 0.269 e. The van der Waals surface area contributed by atoms with E-state index < -0.39 is 4.92 Å². The molecule has 1 heterocycles. The standard InChI is InChI=1S/C12H12N4O3S/c1-7-10(20-12(13)15-7)11(17)14-6-8-3-2-4-9(5-8)16(18)19/h2-5H,6H2,1H3,(H2,13,15)(H,14,17). The maximum absolute atomic E-state index is 11.9. The third-order valence-electron chi connectivity index (χ3n) is 2.59. The van der Waals surface area contributed by atoms with Crippen LogP contribution in [0.4, 0.5) is 10.8 Å². The first-order chi connectivity index (χ1) is 9.47. The Labute approximate surface area is 118 Å². The van der Waals surface area contributed by atoms with E-state index in [1.165, 1.54) is 12.1 Å². The zero-order valence-corrected chi connectivity index (χ0v) is 11.4. The zero-order valence-electron chi connectivity index (χ0n) is 10.6. The van der Waals surface area contributed by atoms with Crippen LogP contribution in [0, 0.1) is 17.0 Å². The van der Waals surface area contributed by atoms with Crippen LogP contribution in [0.3, 0.4) is 0 Å². The number of nitrogens with two attached hydrogens (primary N) is 1. The highest BCUT2D eigenvalue weighted by Gasteiger charge is 2.14. The average Bonchev–Trinajstić information content (AvgIpc) is 2.75. The summed E-state index contributed by atoms with van der Waals surface area (Å²) in [6.45, 7) is 1.91. The van der Waals surface area contributed by atoms with Gasteiger partial charge in [0.15, 0.2) is 5.13 Å². The Bertz CT molecular complexity index is 668. The fourth-order valence-electron chi connectivity index (χ4n) is 1.67. The highest BCUT2D eigenvalue weighted by Crippen LogP contribution is 2.19. The van der Waals surface area contributed by atoms with Gasteiger partial charge in [0.05, 0.1) is 10.6 Å². The van der Waals surface area contributed by atoms with E-state index in [9.17, 15) is 14.9 Å². The topological polar surface area (TPSA) is 111 Å². The predicted octanol–water partition coefficient (Wildman–Crippen LogP) is 1.87. The highest BCUT2D eigenvalue weighted by molar-refractivity contribution is 7.17. The summed E-state index contributed by atoms with van der Waals surface area (Å²) in [5.41, 5.74) is 6.75. The number of hydrogen-bond acceptors (Lipinski definition) is 6. The molecule has 0 aliphatic carbocycles. The Hall–Kier alpha value is -2.48. The molecule has 0 fully saturated rings. The number of nitro benzene ring substituents is 1. The molecule has 3 N–H and O–H groups in total. The quantitative estimate of drug-likeness (QED) is 0.660. The van der Waals surface area contributed by atoms with Gasteiger partial charge in [-0.1, -0.05) is 23.5 Å². The van der Waals surface area contributed by atoms with Gasteiger partial charge >= 0.3 is 0 Å². The second kappa shape index (κ2) is 5.66. The molecule has 1 amide bonds. The Morgan fingerprint density at radius 2 is 2.30 bits per heavy atom. The molecule has 0 atom stereocenters. The first-order valence-corrected chi connectivity index (χ1v) is 6.53. The summed E-state index contributed by atoms with van der Waals surface area (Å²) in [6.07, 6.45) is 0. The summed E-state index contributed by atoms with van der Waals surface area (Å²) in [4.78, 5) is 26.5. The molecule has 0 spiro atoms. The number of nitrogens with zero attached hydrogens (tertiary/aromatic N) is 2. The lowest BCUT2D eigenvalue weighted by Gasteiger charge is -2.04. The number of carbonyl (C=O) groups is 1. The summed E-state index contributed by atoms with van der Waals surface area (Å²) < 4.78 is 0. The Morgan fingerprint density at radius 1 is 1.55 bits per heavy atom. The van der Waals surface area contributed by atoms with E-state index in [1.54, 1.807) is 19.1 Å². The monoisotopic (exact) mass is 292 g/mol. The van der Waals surface area contributed by atoms with Crippen molar-refractivity contribution < 1.29 is 9.72 Å². The number of nitro groups is 1. The third-order valence-corrected chi connectivity index (χ3v) is 3.58. The minimum Gasteiger partial charge on any atom is -0.375 e. The lowest BCUT2D eigenvalue weighted by atomic mass is 10.2. The molecule has 20 heavy (non-hydrogen) atoms.